The van der Waals surface area contributed by atoms with Gasteiger partial charge in [0.05, 0.1) is 0 Å². The molecule has 1 aromatic heterocycles. The van der Waals surface area contributed by atoms with Gasteiger partial charge in [0.15, 0.2) is 0 Å². The normalized spacial score (nSPS) is 16.6. The summed E-state index contributed by atoms with van der Waals surface area (Å²) < 4.78 is 0. The predicted molar refractivity (Wildman–Crippen MR) is 84.3 cm³/mol. The van der Waals surface area contributed by atoms with Crippen LogP contribution in [0.2, 0.25) is 10.0 Å². The molecular formula is C15H15Cl2NS. The molecule has 0 spiro atoms. The van der Waals surface area contributed by atoms with Crippen molar-refractivity contribution in [3.8, 4) is 10.4 Å². The largest absolute Gasteiger partial charge is 0.312 e. The Kier molecular flexibility index (Phi) is 3.86. The van der Waals surface area contributed by atoms with Crippen LogP contribution in [0.3, 0.4) is 0 Å². The van der Waals surface area contributed by atoms with Crippen LogP contribution < -0.4 is 5.32 Å². The van der Waals surface area contributed by atoms with E-state index in [9.17, 15) is 0 Å². The van der Waals surface area contributed by atoms with E-state index < -0.39 is 0 Å². The number of benzene rings is 1. The van der Waals surface area contributed by atoms with Gasteiger partial charge in [0.1, 0.15) is 0 Å². The van der Waals surface area contributed by atoms with Crippen molar-refractivity contribution in [2.45, 2.75) is 18.9 Å². The minimum absolute atomic E-state index is 0.494. The molecule has 4 heteroatoms. The first-order valence-electron chi connectivity index (χ1n) is 6.41. The molecule has 1 aliphatic carbocycles. The molecule has 1 N–H and O–H groups in total. The fourth-order valence-electron chi connectivity index (χ4n) is 2.41. The Labute approximate surface area is 127 Å². The van der Waals surface area contributed by atoms with Crippen molar-refractivity contribution >= 4 is 34.5 Å². The Hall–Kier alpha value is -0.540. The fourth-order valence-corrected chi connectivity index (χ4v) is 4.14. The van der Waals surface area contributed by atoms with Gasteiger partial charge >= 0.3 is 0 Å². The zero-order chi connectivity index (χ0) is 13.4. The molecule has 1 nitrogen and oxygen atoms in total. The lowest BCUT2D eigenvalue weighted by atomic mass is 10.1. The van der Waals surface area contributed by atoms with E-state index >= 15 is 0 Å². The molecule has 0 bridgehead atoms. The van der Waals surface area contributed by atoms with Gasteiger partial charge in [-0.1, -0.05) is 23.2 Å². The number of hydrogen-bond donors (Lipinski definition) is 1. The molecule has 1 saturated carbocycles. The Balaban J connectivity index is 1.91. The van der Waals surface area contributed by atoms with Gasteiger partial charge in [-0.05, 0) is 61.7 Å². The first-order valence-corrected chi connectivity index (χ1v) is 7.98. The molecule has 0 amide bonds. The van der Waals surface area contributed by atoms with Gasteiger partial charge in [-0.2, -0.15) is 0 Å². The molecule has 1 unspecified atom stereocenters. The minimum Gasteiger partial charge on any atom is -0.312 e. The number of rotatable bonds is 4. The van der Waals surface area contributed by atoms with Crippen LogP contribution in [0.4, 0.5) is 0 Å². The van der Waals surface area contributed by atoms with E-state index in [2.05, 4.69) is 17.4 Å². The summed E-state index contributed by atoms with van der Waals surface area (Å²) in [4.78, 5) is 2.62. The average Bonchev–Trinajstić information content (AvgIpc) is 3.06. The SMILES string of the molecule is CNC(c1ccc(-c2cc(Cl)cc(Cl)c2)s1)C1CC1. The van der Waals surface area contributed by atoms with E-state index in [0.29, 0.717) is 16.1 Å². The highest BCUT2D eigenvalue weighted by Crippen LogP contribution is 2.44. The van der Waals surface area contributed by atoms with Gasteiger partial charge in [0.2, 0.25) is 0 Å². The van der Waals surface area contributed by atoms with Crippen LogP contribution in [0, 0.1) is 5.92 Å². The van der Waals surface area contributed by atoms with Gasteiger partial charge in [-0.15, -0.1) is 11.3 Å². The highest BCUT2D eigenvalue weighted by atomic mass is 35.5. The second kappa shape index (κ2) is 5.45. The third-order valence-corrected chi connectivity index (χ3v) is 5.14. The maximum Gasteiger partial charge on any atom is 0.0441 e. The van der Waals surface area contributed by atoms with Crippen LogP contribution in [-0.4, -0.2) is 7.05 Å². The molecule has 1 heterocycles. The van der Waals surface area contributed by atoms with E-state index in [4.69, 9.17) is 23.2 Å². The maximum absolute atomic E-state index is 6.06. The Morgan fingerprint density at radius 1 is 1.16 bits per heavy atom. The lowest BCUT2D eigenvalue weighted by Gasteiger charge is -2.12. The van der Waals surface area contributed by atoms with Crippen LogP contribution in [0.25, 0.3) is 10.4 Å². The molecule has 1 aliphatic rings. The second-order valence-electron chi connectivity index (χ2n) is 4.96. The van der Waals surface area contributed by atoms with Crippen LogP contribution in [-0.2, 0) is 0 Å². The van der Waals surface area contributed by atoms with Gasteiger partial charge in [-0.3, -0.25) is 0 Å². The van der Waals surface area contributed by atoms with Crippen LogP contribution in [0.15, 0.2) is 30.3 Å². The smallest absolute Gasteiger partial charge is 0.0441 e. The summed E-state index contributed by atoms with van der Waals surface area (Å²) >= 11 is 14.0. The summed E-state index contributed by atoms with van der Waals surface area (Å²) in [6.45, 7) is 0. The van der Waals surface area contributed by atoms with E-state index in [1.54, 1.807) is 6.07 Å². The van der Waals surface area contributed by atoms with Gasteiger partial charge in [0.25, 0.3) is 0 Å². The average molecular weight is 312 g/mol. The van der Waals surface area contributed by atoms with E-state index in [-0.39, 0.29) is 0 Å². The lowest BCUT2D eigenvalue weighted by molar-refractivity contribution is 0.537. The van der Waals surface area contributed by atoms with E-state index in [0.717, 1.165) is 11.5 Å². The third-order valence-electron chi connectivity index (χ3n) is 3.48. The summed E-state index contributed by atoms with van der Waals surface area (Å²) in [6.07, 6.45) is 2.67. The topological polar surface area (TPSA) is 12.0 Å². The Morgan fingerprint density at radius 3 is 2.42 bits per heavy atom. The van der Waals surface area contributed by atoms with Crippen molar-refractivity contribution in [3.63, 3.8) is 0 Å². The molecule has 0 radical (unpaired) electrons. The summed E-state index contributed by atoms with van der Waals surface area (Å²) in [5.41, 5.74) is 1.10. The number of halogens is 2. The molecule has 2 aromatic rings. The van der Waals surface area contributed by atoms with Crippen LogP contribution in [0.5, 0.6) is 0 Å². The van der Waals surface area contributed by atoms with Crippen molar-refractivity contribution in [2.24, 2.45) is 5.92 Å². The molecule has 1 aromatic carbocycles. The number of hydrogen-bond acceptors (Lipinski definition) is 2. The quantitative estimate of drug-likeness (QED) is 0.798. The zero-order valence-electron chi connectivity index (χ0n) is 10.6. The highest BCUT2D eigenvalue weighted by Gasteiger charge is 2.32. The molecular weight excluding hydrogens is 297 g/mol. The zero-order valence-corrected chi connectivity index (χ0v) is 12.9. The molecule has 100 valence electrons. The summed E-state index contributed by atoms with van der Waals surface area (Å²) in [5.74, 6) is 0.805. The van der Waals surface area contributed by atoms with E-state index in [1.165, 1.54) is 22.6 Å². The van der Waals surface area contributed by atoms with Crippen molar-refractivity contribution < 1.29 is 0 Å². The van der Waals surface area contributed by atoms with Crippen LogP contribution >= 0.6 is 34.5 Å². The standard InChI is InChI=1S/C15H15Cl2NS/c1-18-15(9-2-3-9)14-5-4-13(19-14)10-6-11(16)8-12(17)7-10/h4-9,15,18H,2-3H2,1H3. The molecule has 3 rings (SSSR count). The lowest BCUT2D eigenvalue weighted by Crippen LogP contribution is -2.16. The minimum atomic E-state index is 0.494. The van der Waals surface area contributed by atoms with Crippen molar-refractivity contribution in [3.05, 3.63) is 45.3 Å². The van der Waals surface area contributed by atoms with Crippen molar-refractivity contribution in [2.75, 3.05) is 7.05 Å². The first kappa shape index (κ1) is 13.4. The van der Waals surface area contributed by atoms with Crippen molar-refractivity contribution in [1.82, 2.24) is 5.32 Å². The molecule has 19 heavy (non-hydrogen) atoms. The highest BCUT2D eigenvalue weighted by molar-refractivity contribution is 7.15. The Bertz CT molecular complexity index is 569. The summed E-state index contributed by atoms with van der Waals surface area (Å²) in [5, 5.41) is 4.80. The number of thiophene rings is 1. The molecule has 0 aliphatic heterocycles. The van der Waals surface area contributed by atoms with Gasteiger partial charge < -0.3 is 5.32 Å². The third kappa shape index (κ3) is 2.97. The second-order valence-corrected chi connectivity index (χ2v) is 6.95. The molecule has 1 atom stereocenters. The summed E-state index contributed by atoms with van der Waals surface area (Å²) in [7, 11) is 2.04. The monoisotopic (exact) mass is 311 g/mol. The van der Waals surface area contributed by atoms with Gasteiger partial charge in [0, 0.05) is 25.8 Å². The van der Waals surface area contributed by atoms with Gasteiger partial charge in [-0.25, -0.2) is 0 Å². The maximum atomic E-state index is 6.06. The van der Waals surface area contributed by atoms with E-state index in [1.807, 2.05) is 30.5 Å². The number of nitrogens with one attached hydrogen (secondary N) is 1. The van der Waals surface area contributed by atoms with Crippen molar-refractivity contribution in [1.29, 1.82) is 0 Å². The predicted octanol–water partition coefficient (Wildman–Crippen LogP) is 5.39. The first-order chi connectivity index (χ1) is 9.17. The fraction of sp³-hybridized carbons (Fsp3) is 0.333. The molecule has 1 fully saturated rings. The summed E-state index contributed by atoms with van der Waals surface area (Å²) in [6, 6.07) is 10.6. The van der Waals surface area contributed by atoms with Crippen LogP contribution in [0.1, 0.15) is 23.8 Å². The molecule has 0 saturated heterocycles. The Morgan fingerprint density at radius 2 is 1.84 bits per heavy atom.